The molecule has 0 aromatic heterocycles. The van der Waals surface area contributed by atoms with E-state index in [-0.39, 0.29) is 0 Å². The molecule has 3 aliphatic carbocycles. The van der Waals surface area contributed by atoms with Gasteiger partial charge in [-0.25, -0.2) is 0 Å². The number of hydrogen-bond acceptors (Lipinski definition) is 1. The molecule has 0 bridgehead atoms. The van der Waals surface area contributed by atoms with Gasteiger partial charge in [-0.15, -0.1) is 0 Å². The molecule has 0 saturated heterocycles. The van der Waals surface area contributed by atoms with Crippen LogP contribution in [0.4, 0.5) is 0 Å². The molecule has 0 heterocycles. The smallest absolute Gasteiger partial charge is 0.159 e. The molecule has 0 N–H and O–H groups in total. The van der Waals surface area contributed by atoms with Crippen LogP contribution < -0.4 is 0 Å². The van der Waals surface area contributed by atoms with Crippen LogP contribution in [-0.4, -0.2) is 5.78 Å². The highest BCUT2D eigenvalue weighted by atomic mass is 16.1. The molecule has 94 valence electrons. The molecule has 0 spiro atoms. The van der Waals surface area contributed by atoms with Crippen LogP contribution in [0.1, 0.15) is 52.9 Å². The third-order valence-corrected chi connectivity index (χ3v) is 5.95. The Balaban J connectivity index is 1.96. The minimum absolute atomic E-state index is 0.436. The van der Waals surface area contributed by atoms with E-state index < -0.39 is 0 Å². The molecular weight excluding hydrogens is 208 g/mol. The summed E-state index contributed by atoms with van der Waals surface area (Å²) in [5.74, 6) is 3.25. The lowest BCUT2D eigenvalue weighted by atomic mass is 9.59. The minimum atomic E-state index is 0.436. The van der Waals surface area contributed by atoms with Crippen molar-refractivity contribution in [1.82, 2.24) is 0 Å². The van der Waals surface area contributed by atoms with Gasteiger partial charge in [-0.2, -0.15) is 0 Å². The number of Topliss-reactive ketones (excluding diaryl/α,β-unsaturated/α-hetero) is 1. The van der Waals surface area contributed by atoms with Crippen LogP contribution >= 0.6 is 0 Å². The second kappa shape index (κ2) is 3.70. The minimum Gasteiger partial charge on any atom is -0.295 e. The second-order valence-corrected chi connectivity index (χ2v) is 6.98. The largest absolute Gasteiger partial charge is 0.295 e. The highest BCUT2D eigenvalue weighted by Crippen LogP contribution is 2.61. The van der Waals surface area contributed by atoms with Crippen molar-refractivity contribution in [1.29, 1.82) is 0 Å². The molecule has 1 nitrogen and oxygen atoms in total. The van der Waals surface area contributed by atoms with Gasteiger partial charge in [0.2, 0.25) is 0 Å². The molecule has 0 aromatic carbocycles. The summed E-state index contributed by atoms with van der Waals surface area (Å²) in [4.78, 5) is 12.3. The van der Waals surface area contributed by atoms with E-state index in [0.717, 1.165) is 24.7 Å². The second-order valence-electron chi connectivity index (χ2n) is 6.98. The zero-order valence-electron chi connectivity index (χ0n) is 11.3. The molecule has 0 radical (unpaired) electrons. The van der Waals surface area contributed by atoms with Crippen molar-refractivity contribution in [2.75, 3.05) is 0 Å². The van der Waals surface area contributed by atoms with Gasteiger partial charge in [-0.3, -0.25) is 4.79 Å². The highest BCUT2D eigenvalue weighted by molar-refractivity contribution is 5.97. The Morgan fingerprint density at radius 3 is 2.82 bits per heavy atom. The van der Waals surface area contributed by atoms with Gasteiger partial charge < -0.3 is 0 Å². The molecule has 0 unspecified atom stereocenters. The van der Waals surface area contributed by atoms with Gasteiger partial charge in [0.25, 0.3) is 0 Å². The number of carbonyl (C=O) groups is 1. The van der Waals surface area contributed by atoms with E-state index in [1.54, 1.807) is 0 Å². The number of allylic oxidation sites excluding steroid dienone is 2. The van der Waals surface area contributed by atoms with Crippen LogP contribution in [0.3, 0.4) is 0 Å². The van der Waals surface area contributed by atoms with E-state index in [9.17, 15) is 4.79 Å². The fourth-order valence-corrected chi connectivity index (χ4v) is 4.98. The van der Waals surface area contributed by atoms with Crippen molar-refractivity contribution in [2.45, 2.75) is 52.9 Å². The third kappa shape index (κ3) is 1.47. The van der Waals surface area contributed by atoms with E-state index in [0.29, 0.717) is 23.0 Å². The zero-order chi connectivity index (χ0) is 12.2. The maximum absolute atomic E-state index is 12.3. The molecule has 1 heteroatoms. The SMILES string of the molecule is CC(C)[C@@H]1CC[C@]2(C)[C@H]3CCC=C3C(=O)C[C@@H]12. The van der Waals surface area contributed by atoms with Crippen LogP contribution in [0.15, 0.2) is 11.6 Å². The van der Waals surface area contributed by atoms with E-state index >= 15 is 0 Å². The molecule has 4 atom stereocenters. The summed E-state index contributed by atoms with van der Waals surface area (Å²) in [7, 11) is 0. The van der Waals surface area contributed by atoms with Crippen molar-refractivity contribution >= 4 is 5.78 Å². The van der Waals surface area contributed by atoms with Gasteiger partial charge >= 0.3 is 0 Å². The lowest BCUT2D eigenvalue weighted by Crippen LogP contribution is -2.41. The van der Waals surface area contributed by atoms with Crippen LogP contribution in [0.25, 0.3) is 0 Å². The normalized spacial score (nSPS) is 44.8. The first-order valence-corrected chi connectivity index (χ1v) is 7.27. The Hall–Kier alpha value is -0.590. The molecule has 2 fully saturated rings. The zero-order valence-corrected chi connectivity index (χ0v) is 11.3. The van der Waals surface area contributed by atoms with Crippen molar-refractivity contribution in [3.8, 4) is 0 Å². The van der Waals surface area contributed by atoms with E-state index in [1.165, 1.54) is 24.8 Å². The number of carbonyl (C=O) groups excluding carboxylic acids is 1. The molecule has 17 heavy (non-hydrogen) atoms. The molecule has 0 amide bonds. The first kappa shape index (κ1) is 11.5. The van der Waals surface area contributed by atoms with Gasteiger partial charge in [0.1, 0.15) is 0 Å². The van der Waals surface area contributed by atoms with Crippen molar-refractivity contribution < 1.29 is 4.79 Å². The van der Waals surface area contributed by atoms with E-state index in [4.69, 9.17) is 0 Å². The summed E-state index contributed by atoms with van der Waals surface area (Å²) in [5.41, 5.74) is 1.64. The topological polar surface area (TPSA) is 17.1 Å². The van der Waals surface area contributed by atoms with Crippen LogP contribution in [0.2, 0.25) is 0 Å². The van der Waals surface area contributed by atoms with Crippen LogP contribution in [0, 0.1) is 29.1 Å². The van der Waals surface area contributed by atoms with Gasteiger partial charge in [0.15, 0.2) is 5.78 Å². The molecule has 0 aliphatic heterocycles. The molecular formula is C16H24O. The lowest BCUT2D eigenvalue weighted by Gasteiger charge is -2.45. The monoisotopic (exact) mass is 232 g/mol. The van der Waals surface area contributed by atoms with Crippen molar-refractivity contribution in [3.05, 3.63) is 11.6 Å². The highest BCUT2D eigenvalue weighted by Gasteiger charge is 2.55. The fraction of sp³-hybridized carbons (Fsp3) is 0.812. The van der Waals surface area contributed by atoms with E-state index in [1.807, 2.05) is 0 Å². The van der Waals surface area contributed by atoms with Crippen LogP contribution in [-0.2, 0) is 4.79 Å². The average molecular weight is 232 g/mol. The average Bonchev–Trinajstić information content (AvgIpc) is 2.84. The third-order valence-electron chi connectivity index (χ3n) is 5.95. The quantitative estimate of drug-likeness (QED) is 0.668. The summed E-state index contributed by atoms with van der Waals surface area (Å²) in [6.07, 6.45) is 8.13. The molecule has 2 saturated carbocycles. The Bertz CT molecular complexity index is 379. The van der Waals surface area contributed by atoms with Crippen molar-refractivity contribution in [3.63, 3.8) is 0 Å². The van der Waals surface area contributed by atoms with Gasteiger partial charge in [-0.05, 0) is 60.3 Å². The maximum atomic E-state index is 12.3. The molecule has 0 aromatic rings. The Kier molecular flexibility index (Phi) is 2.50. The summed E-state index contributed by atoms with van der Waals surface area (Å²) in [5, 5.41) is 0. The number of hydrogen-bond donors (Lipinski definition) is 0. The predicted molar refractivity (Wildman–Crippen MR) is 69.6 cm³/mol. The van der Waals surface area contributed by atoms with Gasteiger partial charge in [0, 0.05) is 6.42 Å². The number of ketones is 1. The first-order valence-electron chi connectivity index (χ1n) is 7.27. The standard InChI is InChI=1S/C16H24O/c1-10(2)11-7-8-16(3)13-6-4-5-12(13)15(17)9-14(11)16/h5,10-11,13-14H,4,6-9H2,1-3H3/t11-,13-,14-,16+/m0/s1. The first-order chi connectivity index (χ1) is 8.04. The Morgan fingerprint density at radius 1 is 1.35 bits per heavy atom. The summed E-state index contributed by atoms with van der Waals surface area (Å²) < 4.78 is 0. The summed E-state index contributed by atoms with van der Waals surface area (Å²) in [6.45, 7) is 7.14. The number of rotatable bonds is 1. The van der Waals surface area contributed by atoms with Gasteiger partial charge in [-0.1, -0.05) is 26.8 Å². The summed E-state index contributed by atoms with van der Waals surface area (Å²) in [6, 6.07) is 0. The lowest BCUT2D eigenvalue weighted by molar-refractivity contribution is -0.121. The summed E-state index contributed by atoms with van der Waals surface area (Å²) >= 11 is 0. The predicted octanol–water partition coefficient (Wildman–Crippen LogP) is 3.98. The Morgan fingerprint density at radius 2 is 2.12 bits per heavy atom. The fourth-order valence-electron chi connectivity index (χ4n) is 4.98. The Labute approximate surface area is 105 Å². The van der Waals surface area contributed by atoms with Crippen molar-refractivity contribution in [2.24, 2.45) is 29.1 Å². The van der Waals surface area contributed by atoms with E-state index in [2.05, 4.69) is 26.8 Å². The molecule has 3 aliphatic rings. The van der Waals surface area contributed by atoms with Crippen LogP contribution in [0.5, 0.6) is 0 Å². The maximum Gasteiger partial charge on any atom is 0.159 e. The van der Waals surface area contributed by atoms with Gasteiger partial charge in [0.05, 0.1) is 0 Å². The molecule has 3 rings (SSSR count). The number of fused-ring (bicyclic) bond motifs is 3.